The number of nitrogens with zero attached hydrogens (tertiary/aromatic N) is 6. The van der Waals surface area contributed by atoms with Crippen LogP contribution in [0.5, 0.6) is 5.88 Å². The fourth-order valence-electron chi connectivity index (χ4n) is 3.96. The van der Waals surface area contributed by atoms with E-state index in [0.717, 1.165) is 21.5 Å². The van der Waals surface area contributed by atoms with Crippen LogP contribution in [0.4, 0.5) is 16.4 Å². The summed E-state index contributed by atoms with van der Waals surface area (Å²) in [6.45, 7) is 1.15. The van der Waals surface area contributed by atoms with Gasteiger partial charge in [0.05, 0.1) is 23.1 Å². The number of imidazole rings is 1. The van der Waals surface area contributed by atoms with Gasteiger partial charge >= 0.3 is 12.1 Å². The molecule has 0 aliphatic carbocycles. The largest absolute Gasteiger partial charge is 0.477 e. The number of carboxylic acids is 1. The number of likely N-dealkylation sites (N-methyl/N-ethyl adjacent to an activating group) is 1. The maximum Gasteiger partial charge on any atom is 0.407 e. The smallest absolute Gasteiger partial charge is 0.407 e. The van der Waals surface area contributed by atoms with Gasteiger partial charge in [0.2, 0.25) is 11.8 Å². The molecule has 1 amide bonds. The molecule has 43 heavy (non-hydrogen) atoms. The van der Waals surface area contributed by atoms with Crippen molar-refractivity contribution in [2.45, 2.75) is 13.2 Å². The summed E-state index contributed by atoms with van der Waals surface area (Å²) in [6.07, 6.45) is 2.21. The van der Waals surface area contributed by atoms with Crippen LogP contribution in [-0.2, 0) is 22.7 Å². The number of alkyl carbamates (subject to hydrolysis) is 1. The number of hydrogen-bond donors (Lipinski definition) is 4. The summed E-state index contributed by atoms with van der Waals surface area (Å²) in [4.78, 5) is 44.8. The maximum atomic E-state index is 12.2. The molecule has 5 rings (SSSR count). The van der Waals surface area contributed by atoms with Crippen molar-refractivity contribution >= 4 is 62.5 Å². The highest BCUT2D eigenvalue weighted by atomic mass is 32.1. The van der Waals surface area contributed by atoms with E-state index in [4.69, 9.17) is 25.6 Å². The van der Waals surface area contributed by atoms with Crippen molar-refractivity contribution in [1.29, 1.82) is 5.26 Å². The number of rotatable bonds is 11. The molecule has 0 saturated heterocycles. The zero-order valence-electron chi connectivity index (χ0n) is 22.8. The van der Waals surface area contributed by atoms with Crippen molar-refractivity contribution in [3.8, 4) is 11.9 Å². The number of anilines is 2. The first-order chi connectivity index (χ1) is 20.8. The number of carbonyl (C=O) groups is 2. The molecule has 0 fully saturated rings. The van der Waals surface area contributed by atoms with Gasteiger partial charge in [-0.15, -0.1) is 11.3 Å². The van der Waals surface area contributed by atoms with Gasteiger partial charge < -0.3 is 35.5 Å². The van der Waals surface area contributed by atoms with Crippen molar-refractivity contribution in [3.05, 3.63) is 70.5 Å². The number of H-pyrrole nitrogens is 1. The molecule has 218 valence electrons. The third-order valence-corrected chi connectivity index (χ3v) is 7.17. The zero-order chi connectivity index (χ0) is 30.3. The van der Waals surface area contributed by atoms with E-state index in [0.29, 0.717) is 40.7 Å². The van der Waals surface area contributed by atoms with E-state index in [2.05, 4.69) is 30.2 Å². The Morgan fingerprint density at radius 3 is 2.74 bits per heavy atom. The third-order valence-electron chi connectivity index (χ3n) is 6.21. The monoisotopic (exact) mass is 599 g/mol. The number of amides is 1. The normalized spacial score (nSPS) is 11.3. The molecule has 5 aromatic rings. The molecule has 0 spiro atoms. The first-order valence-corrected chi connectivity index (χ1v) is 13.7. The van der Waals surface area contributed by atoms with E-state index in [-0.39, 0.29) is 24.7 Å². The van der Waals surface area contributed by atoms with Gasteiger partial charge in [0.1, 0.15) is 29.9 Å². The summed E-state index contributed by atoms with van der Waals surface area (Å²) >= 11 is 1.28. The van der Waals surface area contributed by atoms with Crippen molar-refractivity contribution in [2.75, 3.05) is 30.8 Å². The summed E-state index contributed by atoms with van der Waals surface area (Å²) < 4.78 is 11.9. The van der Waals surface area contributed by atoms with Gasteiger partial charge in [-0.05, 0) is 35.4 Å². The molecule has 0 aliphatic heterocycles. The number of aromatic nitrogens is 5. The zero-order valence-corrected chi connectivity index (χ0v) is 23.6. The Bertz CT molecular complexity index is 1860. The molecule has 5 N–H and O–H groups in total. The second kappa shape index (κ2) is 12.8. The van der Waals surface area contributed by atoms with Crippen LogP contribution in [0.1, 0.15) is 16.1 Å². The van der Waals surface area contributed by atoms with Crippen LogP contribution < -0.4 is 20.7 Å². The lowest BCUT2D eigenvalue weighted by molar-refractivity contribution is -0.132. The Balaban J connectivity index is 1.06. The number of thiazole rings is 1. The lowest BCUT2D eigenvalue weighted by atomic mass is 10.1. The molecule has 14 nitrogen and oxygen atoms in total. The number of aromatic amines is 1. The predicted molar refractivity (Wildman–Crippen MR) is 159 cm³/mol. The highest BCUT2D eigenvalue weighted by Gasteiger charge is 2.12. The molecular weight excluding hydrogens is 574 g/mol. The van der Waals surface area contributed by atoms with Crippen molar-refractivity contribution < 1.29 is 24.2 Å². The molecular formula is C28H25N9O5S. The number of aliphatic carboxylic acids is 1. The maximum absolute atomic E-state index is 12.2. The number of nitrogens with one attached hydrogen (secondary N) is 2. The van der Waals surface area contributed by atoms with E-state index >= 15 is 0 Å². The standard InChI is InChI=1S/C28H25N9O5S/c1-37(19-6-7-20-21(11-19)43-22(34-20)10-18(12-29)26(38)39)8-9-41-28(40)31-13-16-2-4-17(5-3-16)14-42-25-23-24(33-15-32-23)35-27(30)36-25/h2-7,10-11,15H,8-9,13-14H2,1H3,(H,31,40)(H,38,39)(H3,30,32,33,35,36)/b18-10+. The lowest BCUT2D eigenvalue weighted by Crippen LogP contribution is -2.28. The molecule has 0 atom stereocenters. The molecule has 15 heteroatoms. The Hall–Kier alpha value is -5.75. The topological polar surface area (TPSA) is 205 Å². The number of nitrogens with two attached hydrogens (primary N) is 1. The second-order valence-electron chi connectivity index (χ2n) is 9.18. The number of carbonyl (C=O) groups excluding carboxylic acids is 1. The van der Waals surface area contributed by atoms with Crippen LogP contribution in [-0.4, -0.2) is 62.3 Å². The number of nitriles is 1. The fourth-order valence-corrected chi connectivity index (χ4v) is 4.90. The average molecular weight is 600 g/mol. The molecule has 0 radical (unpaired) electrons. The molecule has 0 saturated carbocycles. The Labute approximate surface area is 248 Å². The van der Waals surface area contributed by atoms with Gasteiger partial charge in [0.15, 0.2) is 11.2 Å². The Morgan fingerprint density at radius 2 is 1.98 bits per heavy atom. The van der Waals surface area contributed by atoms with Crippen molar-refractivity contribution in [1.82, 2.24) is 30.2 Å². The third kappa shape index (κ3) is 7.13. The molecule has 2 aromatic carbocycles. The summed E-state index contributed by atoms with van der Waals surface area (Å²) in [5.41, 5.74) is 9.68. The molecule has 0 aliphatic rings. The van der Waals surface area contributed by atoms with Gasteiger partial charge in [0, 0.05) is 19.3 Å². The highest BCUT2D eigenvalue weighted by molar-refractivity contribution is 7.19. The van der Waals surface area contributed by atoms with Crippen LogP contribution >= 0.6 is 11.3 Å². The first-order valence-electron chi connectivity index (χ1n) is 12.8. The molecule has 0 unspecified atom stereocenters. The van der Waals surface area contributed by atoms with Crippen LogP contribution in [0.2, 0.25) is 0 Å². The van der Waals surface area contributed by atoms with E-state index in [1.54, 1.807) is 6.07 Å². The van der Waals surface area contributed by atoms with Gasteiger partial charge in [-0.25, -0.2) is 19.6 Å². The second-order valence-corrected chi connectivity index (χ2v) is 10.2. The fraction of sp³-hybridized carbons (Fsp3) is 0.179. The minimum Gasteiger partial charge on any atom is -0.477 e. The van der Waals surface area contributed by atoms with Gasteiger partial charge in [-0.3, -0.25) is 0 Å². The number of nitrogen functional groups attached to an aromatic ring is 1. The first kappa shape index (κ1) is 28.8. The summed E-state index contributed by atoms with van der Waals surface area (Å²) in [5.74, 6) is -0.918. The van der Waals surface area contributed by atoms with Gasteiger partial charge in [0.25, 0.3) is 0 Å². The van der Waals surface area contributed by atoms with Crippen LogP contribution in [0.3, 0.4) is 0 Å². The number of hydrogen-bond acceptors (Lipinski definition) is 12. The van der Waals surface area contributed by atoms with Gasteiger partial charge in [-0.1, -0.05) is 24.3 Å². The number of ether oxygens (including phenoxy) is 2. The number of carboxylic acid groups (broad SMARTS) is 1. The Morgan fingerprint density at radius 1 is 1.19 bits per heavy atom. The Kier molecular flexibility index (Phi) is 8.58. The summed E-state index contributed by atoms with van der Waals surface area (Å²) in [5, 5.41) is 21.2. The van der Waals surface area contributed by atoms with Crippen molar-refractivity contribution in [3.63, 3.8) is 0 Å². The van der Waals surface area contributed by atoms with Crippen molar-refractivity contribution in [2.24, 2.45) is 0 Å². The lowest BCUT2D eigenvalue weighted by Gasteiger charge is -2.19. The quantitative estimate of drug-likeness (QED) is 0.127. The molecule has 3 aromatic heterocycles. The van der Waals surface area contributed by atoms with Gasteiger partial charge in [-0.2, -0.15) is 15.2 Å². The van der Waals surface area contributed by atoms with E-state index in [1.807, 2.05) is 54.4 Å². The number of fused-ring (bicyclic) bond motifs is 2. The van der Waals surface area contributed by atoms with E-state index in [9.17, 15) is 9.59 Å². The van der Waals surface area contributed by atoms with E-state index < -0.39 is 12.1 Å². The highest BCUT2D eigenvalue weighted by Crippen LogP contribution is 2.28. The number of benzene rings is 2. The predicted octanol–water partition coefficient (Wildman–Crippen LogP) is 3.48. The summed E-state index contributed by atoms with van der Waals surface area (Å²) in [7, 11) is 1.87. The minimum absolute atomic E-state index is 0.0865. The molecule has 3 heterocycles. The van der Waals surface area contributed by atoms with Crippen LogP contribution in [0, 0.1) is 11.3 Å². The molecule has 0 bridgehead atoms. The van der Waals surface area contributed by atoms with E-state index in [1.165, 1.54) is 23.7 Å². The van der Waals surface area contributed by atoms with Crippen LogP contribution in [0.25, 0.3) is 27.5 Å². The average Bonchev–Trinajstić information content (AvgIpc) is 3.64. The minimum atomic E-state index is -1.30. The summed E-state index contributed by atoms with van der Waals surface area (Å²) in [6, 6.07) is 14.8. The van der Waals surface area contributed by atoms with Crippen LogP contribution in [0.15, 0.2) is 54.4 Å². The SMILES string of the molecule is CN(CCOC(=O)NCc1ccc(COc2nc(N)nc3[nH]cnc23)cc1)c1ccc2nc(/C=C(\C#N)C(=O)O)sc2c1.